The molecule has 0 amide bonds. The number of nitrogens with zero attached hydrogens (tertiary/aromatic N) is 3. The molecule has 0 atom stereocenters. The number of anilines is 3. The van der Waals surface area contributed by atoms with Crippen molar-refractivity contribution in [1.82, 2.24) is 0 Å². The van der Waals surface area contributed by atoms with Crippen LogP contribution in [0.4, 0.5) is 20.8 Å². The molecule has 6 heteroatoms. The first-order chi connectivity index (χ1) is 10.2. The highest BCUT2D eigenvalue weighted by atomic mass is 32.1. The quantitative estimate of drug-likeness (QED) is 0.926. The van der Waals surface area contributed by atoms with E-state index in [-0.39, 0.29) is 5.82 Å². The summed E-state index contributed by atoms with van der Waals surface area (Å²) in [6.45, 7) is 3.46. The van der Waals surface area contributed by atoms with E-state index in [4.69, 9.17) is 11.0 Å². The van der Waals surface area contributed by atoms with Gasteiger partial charge in [0, 0.05) is 31.9 Å². The minimum atomic E-state index is -0.213. The number of halogens is 1. The Morgan fingerprint density at radius 1 is 1.10 bits per heavy atom. The predicted molar refractivity (Wildman–Crippen MR) is 84.3 cm³/mol. The maximum atomic E-state index is 12.9. The zero-order valence-corrected chi connectivity index (χ0v) is 12.2. The van der Waals surface area contributed by atoms with Gasteiger partial charge < -0.3 is 15.5 Å². The summed E-state index contributed by atoms with van der Waals surface area (Å²) in [5.74, 6) is -0.213. The van der Waals surface area contributed by atoms with Crippen LogP contribution in [0.3, 0.4) is 0 Å². The van der Waals surface area contributed by atoms with E-state index in [9.17, 15) is 4.39 Å². The van der Waals surface area contributed by atoms with Crippen molar-refractivity contribution in [3.8, 4) is 6.07 Å². The number of thiophene rings is 1. The third-order valence-electron chi connectivity index (χ3n) is 3.63. The Hall–Kier alpha value is -2.26. The van der Waals surface area contributed by atoms with Crippen LogP contribution in [-0.4, -0.2) is 26.2 Å². The van der Waals surface area contributed by atoms with E-state index in [1.807, 2.05) is 18.2 Å². The average molecular weight is 302 g/mol. The molecule has 4 nitrogen and oxygen atoms in total. The zero-order chi connectivity index (χ0) is 14.8. The fourth-order valence-electron chi connectivity index (χ4n) is 2.47. The summed E-state index contributed by atoms with van der Waals surface area (Å²) in [7, 11) is 0. The lowest BCUT2D eigenvalue weighted by Gasteiger charge is -2.36. The molecule has 3 rings (SSSR count). The normalized spacial score (nSPS) is 15.0. The van der Waals surface area contributed by atoms with Gasteiger partial charge in [-0.05, 0) is 30.3 Å². The fourth-order valence-corrected chi connectivity index (χ4v) is 3.40. The molecule has 0 unspecified atom stereocenters. The molecule has 108 valence electrons. The molecule has 0 bridgehead atoms. The largest absolute Gasteiger partial charge is 0.397 e. The third kappa shape index (κ3) is 2.78. The summed E-state index contributed by atoms with van der Waals surface area (Å²) in [6.07, 6.45) is 0. The minimum Gasteiger partial charge on any atom is -0.397 e. The van der Waals surface area contributed by atoms with E-state index in [0.717, 1.165) is 36.9 Å². The van der Waals surface area contributed by atoms with Gasteiger partial charge in [0.05, 0.1) is 10.7 Å². The van der Waals surface area contributed by atoms with Crippen molar-refractivity contribution >= 4 is 27.7 Å². The topological polar surface area (TPSA) is 56.3 Å². The Labute approximate surface area is 126 Å². The lowest BCUT2D eigenvalue weighted by atomic mass is 10.2. The van der Waals surface area contributed by atoms with Crippen LogP contribution in [0.15, 0.2) is 30.3 Å². The lowest BCUT2D eigenvalue weighted by molar-refractivity contribution is 0.625. The Kier molecular flexibility index (Phi) is 3.67. The van der Waals surface area contributed by atoms with Crippen LogP contribution in [0, 0.1) is 17.1 Å². The first-order valence-electron chi connectivity index (χ1n) is 6.72. The summed E-state index contributed by atoms with van der Waals surface area (Å²) in [5.41, 5.74) is 7.40. The van der Waals surface area contributed by atoms with E-state index < -0.39 is 0 Å². The lowest BCUT2D eigenvalue weighted by Crippen LogP contribution is -2.46. The Morgan fingerprint density at radius 3 is 2.29 bits per heavy atom. The Balaban J connectivity index is 1.67. The van der Waals surface area contributed by atoms with E-state index in [2.05, 4.69) is 15.9 Å². The van der Waals surface area contributed by atoms with E-state index in [1.54, 1.807) is 0 Å². The molecular formula is C15H15FN4S. The highest BCUT2D eigenvalue weighted by Crippen LogP contribution is 2.32. The number of piperazine rings is 1. The van der Waals surface area contributed by atoms with Crippen LogP contribution in [0.2, 0.25) is 0 Å². The molecule has 2 heterocycles. The standard InChI is InChI=1S/C15H15FN4S/c16-11-1-3-12(4-2-11)19-5-7-20(8-6-19)15-9-13(18)14(10-17)21-15/h1-4,9H,5-8,18H2. The monoisotopic (exact) mass is 302 g/mol. The van der Waals surface area contributed by atoms with Gasteiger partial charge in [-0.1, -0.05) is 0 Å². The highest BCUT2D eigenvalue weighted by Gasteiger charge is 2.20. The van der Waals surface area contributed by atoms with Gasteiger partial charge in [-0.15, -0.1) is 11.3 Å². The number of hydrogen-bond acceptors (Lipinski definition) is 5. The molecule has 0 saturated carbocycles. The van der Waals surface area contributed by atoms with Gasteiger partial charge in [0.2, 0.25) is 0 Å². The van der Waals surface area contributed by atoms with Gasteiger partial charge in [-0.3, -0.25) is 0 Å². The van der Waals surface area contributed by atoms with Crippen LogP contribution in [0.25, 0.3) is 0 Å². The van der Waals surface area contributed by atoms with Crippen LogP contribution < -0.4 is 15.5 Å². The molecule has 0 spiro atoms. The second-order valence-corrected chi connectivity index (χ2v) is 5.96. The smallest absolute Gasteiger partial charge is 0.129 e. The second kappa shape index (κ2) is 5.62. The first-order valence-corrected chi connectivity index (χ1v) is 7.54. The van der Waals surface area contributed by atoms with Crippen LogP contribution >= 0.6 is 11.3 Å². The summed E-state index contributed by atoms with van der Waals surface area (Å²) < 4.78 is 12.9. The van der Waals surface area contributed by atoms with Crippen molar-refractivity contribution in [3.63, 3.8) is 0 Å². The molecule has 1 aliphatic heterocycles. The molecule has 1 fully saturated rings. The molecule has 1 saturated heterocycles. The van der Waals surface area contributed by atoms with Crippen molar-refractivity contribution < 1.29 is 4.39 Å². The van der Waals surface area contributed by atoms with Crippen molar-refractivity contribution in [3.05, 3.63) is 41.0 Å². The van der Waals surface area contributed by atoms with Crippen molar-refractivity contribution in [2.45, 2.75) is 0 Å². The predicted octanol–water partition coefficient (Wildman–Crippen LogP) is 2.67. The number of nitrogen functional groups attached to an aromatic ring is 1. The summed E-state index contributed by atoms with van der Waals surface area (Å²) in [5, 5.41) is 10.0. The highest BCUT2D eigenvalue weighted by molar-refractivity contribution is 7.17. The maximum absolute atomic E-state index is 12.9. The summed E-state index contributed by atoms with van der Waals surface area (Å²) in [6, 6.07) is 10.6. The second-order valence-electron chi connectivity index (χ2n) is 4.93. The van der Waals surface area contributed by atoms with Crippen LogP contribution in [0.5, 0.6) is 0 Å². The Morgan fingerprint density at radius 2 is 1.71 bits per heavy atom. The van der Waals surface area contributed by atoms with E-state index in [1.165, 1.54) is 23.5 Å². The average Bonchev–Trinajstić information content (AvgIpc) is 2.89. The van der Waals surface area contributed by atoms with Crippen molar-refractivity contribution in [2.75, 3.05) is 41.7 Å². The van der Waals surface area contributed by atoms with Crippen LogP contribution in [0.1, 0.15) is 4.88 Å². The molecular weight excluding hydrogens is 287 g/mol. The fraction of sp³-hybridized carbons (Fsp3) is 0.267. The minimum absolute atomic E-state index is 0.213. The number of nitrogens with two attached hydrogens (primary N) is 1. The van der Waals surface area contributed by atoms with Gasteiger partial charge in [0.25, 0.3) is 0 Å². The molecule has 1 aromatic carbocycles. The van der Waals surface area contributed by atoms with Crippen molar-refractivity contribution in [2.24, 2.45) is 0 Å². The molecule has 2 aromatic rings. The SMILES string of the molecule is N#Cc1sc(N2CCN(c3ccc(F)cc3)CC2)cc1N. The van der Waals surface area contributed by atoms with E-state index >= 15 is 0 Å². The van der Waals surface area contributed by atoms with Gasteiger partial charge in [0.15, 0.2) is 0 Å². The molecule has 0 aliphatic carbocycles. The maximum Gasteiger partial charge on any atom is 0.129 e. The Bertz CT molecular complexity index is 666. The van der Waals surface area contributed by atoms with Crippen LogP contribution in [-0.2, 0) is 0 Å². The van der Waals surface area contributed by atoms with Gasteiger partial charge >= 0.3 is 0 Å². The number of nitriles is 1. The van der Waals surface area contributed by atoms with Gasteiger partial charge in [-0.25, -0.2) is 4.39 Å². The third-order valence-corrected chi connectivity index (χ3v) is 4.75. The molecule has 1 aromatic heterocycles. The molecule has 2 N–H and O–H groups in total. The summed E-state index contributed by atoms with van der Waals surface area (Å²) >= 11 is 1.44. The van der Waals surface area contributed by atoms with Gasteiger partial charge in [0.1, 0.15) is 16.8 Å². The first kappa shape index (κ1) is 13.7. The number of hydrogen-bond donors (Lipinski definition) is 1. The zero-order valence-electron chi connectivity index (χ0n) is 11.4. The number of rotatable bonds is 2. The molecule has 21 heavy (non-hydrogen) atoms. The number of benzene rings is 1. The van der Waals surface area contributed by atoms with Gasteiger partial charge in [-0.2, -0.15) is 5.26 Å². The summed E-state index contributed by atoms with van der Waals surface area (Å²) in [4.78, 5) is 5.05. The molecule has 0 radical (unpaired) electrons. The van der Waals surface area contributed by atoms with E-state index in [0.29, 0.717) is 10.6 Å². The molecule has 1 aliphatic rings. The van der Waals surface area contributed by atoms with Crippen molar-refractivity contribution in [1.29, 1.82) is 5.26 Å².